The molecule has 0 bridgehead atoms. The molecular formula is C7H11N. The minimum Gasteiger partial charge on any atom is -0.269 e. The number of nitrogens with zero attached hydrogens (tertiary/aromatic N) is 1. The van der Waals surface area contributed by atoms with E-state index in [1.165, 1.54) is 0 Å². The van der Waals surface area contributed by atoms with Crippen LogP contribution in [0, 0.1) is 5.41 Å². The highest BCUT2D eigenvalue weighted by molar-refractivity contribution is 5.61. The quantitative estimate of drug-likeness (QED) is 0.451. The first-order valence-electron chi connectivity index (χ1n) is 2.90. The van der Waals surface area contributed by atoms with Gasteiger partial charge in [-0.2, -0.15) is 0 Å². The van der Waals surface area contributed by atoms with Gasteiger partial charge >= 0.3 is 0 Å². The lowest BCUT2D eigenvalue weighted by Gasteiger charge is -2.18. The minimum absolute atomic E-state index is 0.349. The molecule has 0 unspecified atom stereocenters. The van der Waals surface area contributed by atoms with Gasteiger partial charge in [-0.3, -0.25) is 4.99 Å². The van der Waals surface area contributed by atoms with Crippen LogP contribution >= 0.6 is 0 Å². The Morgan fingerprint density at radius 2 is 2.25 bits per heavy atom. The summed E-state index contributed by atoms with van der Waals surface area (Å²) in [6, 6.07) is 0. The monoisotopic (exact) mass is 109 g/mol. The lowest BCUT2D eigenvalue weighted by molar-refractivity contribution is 0.502. The van der Waals surface area contributed by atoms with Gasteiger partial charge in [0.05, 0.1) is 0 Å². The van der Waals surface area contributed by atoms with Crippen LogP contribution in [0.4, 0.5) is 0 Å². The third-order valence-corrected chi connectivity index (χ3v) is 1.33. The summed E-state index contributed by atoms with van der Waals surface area (Å²) in [5, 5.41) is 0. The molecule has 0 spiro atoms. The minimum atomic E-state index is 0.349. The van der Waals surface area contributed by atoms with Crippen LogP contribution in [0.2, 0.25) is 0 Å². The van der Waals surface area contributed by atoms with Gasteiger partial charge in [0.1, 0.15) is 0 Å². The van der Waals surface area contributed by atoms with E-state index in [1.807, 2.05) is 12.4 Å². The maximum absolute atomic E-state index is 3.97. The van der Waals surface area contributed by atoms with E-state index >= 15 is 0 Å². The van der Waals surface area contributed by atoms with E-state index in [9.17, 15) is 0 Å². The fraction of sp³-hybridized carbons (Fsp3) is 0.571. The standard InChI is InChI=1S/C7H11N/c1-7(2)3-5-8-6-4-7/h3,5-6H,4H2,1-2H3. The van der Waals surface area contributed by atoms with Crippen molar-refractivity contribution in [2.75, 3.05) is 0 Å². The van der Waals surface area contributed by atoms with E-state index in [-0.39, 0.29) is 0 Å². The van der Waals surface area contributed by atoms with Gasteiger partial charge in [-0.15, -0.1) is 0 Å². The summed E-state index contributed by atoms with van der Waals surface area (Å²) in [5.74, 6) is 0. The van der Waals surface area contributed by atoms with Crippen molar-refractivity contribution in [2.45, 2.75) is 20.3 Å². The zero-order valence-corrected chi connectivity index (χ0v) is 5.39. The van der Waals surface area contributed by atoms with Crippen molar-refractivity contribution < 1.29 is 0 Å². The molecule has 0 N–H and O–H groups in total. The molecule has 0 saturated heterocycles. The summed E-state index contributed by atoms with van der Waals surface area (Å²) in [4.78, 5) is 3.97. The molecule has 0 aromatic carbocycles. The van der Waals surface area contributed by atoms with Crippen molar-refractivity contribution in [1.82, 2.24) is 0 Å². The van der Waals surface area contributed by atoms with E-state index in [0.717, 1.165) is 6.42 Å². The van der Waals surface area contributed by atoms with E-state index in [4.69, 9.17) is 0 Å². The molecule has 1 nitrogen and oxygen atoms in total. The van der Waals surface area contributed by atoms with Gasteiger partial charge in [0.15, 0.2) is 0 Å². The van der Waals surface area contributed by atoms with Gasteiger partial charge in [-0.1, -0.05) is 19.9 Å². The Bertz CT molecular complexity index is 131. The maximum Gasteiger partial charge on any atom is 0.0229 e. The van der Waals surface area contributed by atoms with Gasteiger partial charge in [0, 0.05) is 12.4 Å². The highest BCUT2D eigenvalue weighted by Gasteiger charge is 2.12. The summed E-state index contributed by atoms with van der Waals surface area (Å²) < 4.78 is 0. The van der Waals surface area contributed by atoms with Crippen LogP contribution < -0.4 is 0 Å². The average molecular weight is 109 g/mol. The van der Waals surface area contributed by atoms with Crippen molar-refractivity contribution >= 4 is 6.21 Å². The van der Waals surface area contributed by atoms with E-state index in [0.29, 0.717) is 5.41 Å². The van der Waals surface area contributed by atoms with Crippen molar-refractivity contribution in [2.24, 2.45) is 10.4 Å². The molecule has 0 aromatic rings. The highest BCUT2D eigenvalue weighted by Crippen LogP contribution is 2.22. The molecule has 0 aromatic heterocycles. The van der Waals surface area contributed by atoms with Crippen molar-refractivity contribution in [3.8, 4) is 0 Å². The Balaban J connectivity index is 2.65. The van der Waals surface area contributed by atoms with Crippen LogP contribution in [0.25, 0.3) is 0 Å². The molecule has 0 amide bonds. The lowest BCUT2D eigenvalue weighted by Crippen LogP contribution is -2.09. The summed E-state index contributed by atoms with van der Waals surface area (Å²) in [7, 11) is 0. The molecule has 0 aliphatic carbocycles. The van der Waals surface area contributed by atoms with Crippen molar-refractivity contribution in [3.05, 3.63) is 12.3 Å². The Kier molecular flexibility index (Phi) is 1.20. The van der Waals surface area contributed by atoms with Crippen molar-refractivity contribution in [1.29, 1.82) is 0 Å². The number of hydrogen-bond acceptors (Lipinski definition) is 1. The van der Waals surface area contributed by atoms with Crippen LogP contribution in [-0.2, 0) is 0 Å². The predicted octanol–water partition coefficient (Wildman–Crippen LogP) is 2.00. The molecule has 1 aliphatic rings. The van der Waals surface area contributed by atoms with E-state index < -0.39 is 0 Å². The maximum atomic E-state index is 3.97. The van der Waals surface area contributed by atoms with E-state index in [1.54, 1.807) is 0 Å². The second-order valence-corrected chi connectivity index (χ2v) is 2.84. The normalized spacial score (nSPS) is 23.8. The third-order valence-electron chi connectivity index (χ3n) is 1.33. The molecule has 1 heterocycles. The number of allylic oxidation sites excluding steroid dienone is 1. The molecule has 1 aliphatic heterocycles. The third kappa shape index (κ3) is 1.19. The van der Waals surface area contributed by atoms with Gasteiger partial charge in [-0.25, -0.2) is 0 Å². The first-order chi connectivity index (χ1) is 3.71. The average Bonchev–Trinajstić information content (AvgIpc) is 1.65. The van der Waals surface area contributed by atoms with Crippen molar-refractivity contribution in [3.63, 3.8) is 0 Å². The van der Waals surface area contributed by atoms with Crippen LogP contribution in [0.5, 0.6) is 0 Å². The second kappa shape index (κ2) is 1.73. The lowest BCUT2D eigenvalue weighted by atomic mass is 9.89. The molecule has 1 rings (SSSR count). The van der Waals surface area contributed by atoms with Crippen LogP contribution in [0.1, 0.15) is 20.3 Å². The fourth-order valence-corrected chi connectivity index (χ4v) is 0.662. The Labute approximate surface area is 50.1 Å². The SMILES string of the molecule is CC1(C)C=CN=CC1. The van der Waals surface area contributed by atoms with Gasteiger partial charge < -0.3 is 0 Å². The zero-order chi connectivity index (χ0) is 6.04. The smallest absolute Gasteiger partial charge is 0.0229 e. The first-order valence-corrected chi connectivity index (χ1v) is 2.90. The summed E-state index contributed by atoms with van der Waals surface area (Å²) >= 11 is 0. The summed E-state index contributed by atoms with van der Waals surface area (Å²) in [6.45, 7) is 4.41. The molecule has 0 atom stereocenters. The van der Waals surface area contributed by atoms with Crippen LogP contribution in [0.15, 0.2) is 17.3 Å². The summed E-state index contributed by atoms with van der Waals surface area (Å²) in [5.41, 5.74) is 0.349. The topological polar surface area (TPSA) is 12.4 Å². The number of rotatable bonds is 0. The van der Waals surface area contributed by atoms with Gasteiger partial charge in [0.2, 0.25) is 0 Å². The molecule has 0 fully saturated rings. The highest BCUT2D eigenvalue weighted by atomic mass is 14.7. The van der Waals surface area contributed by atoms with E-state index in [2.05, 4.69) is 24.9 Å². The second-order valence-electron chi connectivity index (χ2n) is 2.84. The Morgan fingerprint density at radius 1 is 1.50 bits per heavy atom. The van der Waals surface area contributed by atoms with Gasteiger partial charge in [0.25, 0.3) is 0 Å². The van der Waals surface area contributed by atoms with Crippen LogP contribution in [-0.4, -0.2) is 6.21 Å². The Hall–Kier alpha value is -0.590. The fourth-order valence-electron chi connectivity index (χ4n) is 0.662. The predicted molar refractivity (Wildman–Crippen MR) is 36.0 cm³/mol. The number of aliphatic imine (C=N–C) groups is 1. The number of hydrogen-bond donors (Lipinski definition) is 0. The first kappa shape index (κ1) is 5.54. The molecular weight excluding hydrogens is 98.1 g/mol. The molecule has 8 heavy (non-hydrogen) atoms. The molecule has 0 saturated carbocycles. The molecule has 0 radical (unpaired) electrons. The molecule has 1 heteroatoms. The largest absolute Gasteiger partial charge is 0.269 e. The summed E-state index contributed by atoms with van der Waals surface area (Å²) in [6.07, 6.45) is 7.03. The molecule has 44 valence electrons. The zero-order valence-electron chi connectivity index (χ0n) is 5.39. The Morgan fingerprint density at radius 3 is 2.50 bits per heavy atom. The van der Waals surface area contributed by atoms with Crippen LogP contribution in [0.3, 0.4) is 0 Å². The van der Waals surface area contributed by atoms with Gasteiger partial charge in [-0.05, 0) is 11.8 Å².